The molecule has 0 unspecified atom stereocenters. The second kappa shape index (κ2) is 15.7. The number of nitrogens with one attached hydrogen (secondary N) is 2. The Morgan fingerprint density at radius 3 is 2.14 bits per heavy atom. The van der Waals surface area contributed by atoms with Crippen molar-refractivity contribution in [2.75, 3.05) is 6.61 Å². The number of hydrogen-bond acceptors (Lipinski definition) is 5. The Morgan fingerprint density at radius 2 is 1.48 bits per heavy atom. The summed E-state index contributed by atoms with van der Waals surface area (Å²) in [5, 5.41) is 6.44. The number of carbonyl (C=O) groups excluding carboxylic acids is 3. The molecule has 0 heterocycles. The molecule has 0 spiro atoms. The third-order valence-corrected chi connectivity index (χ3v) is 7.66. The van der Waals surface area contributed by atoms with Gasteiger partial charge in [-0.05, 0) is 65.4 Å². The molecule has 2 atom stereocenters. The summed E-state index contributed by atoms with van der Waals surface area (Å²) in [6.45, 7) is 2.97. The van der Waals surface area contributed by atoms with Crippen molar-refractivity contribution in [3.63, 3.8) is 0 Å². The molecule has 4 aromatic rings. The van der Waals surface area contributed by atoms with Crippen molar-refractivity contribution in [3.8, 4) is 5.75 Å². The van der Waals surface area contributed by atoms with Gasteiger partial charge in [0.05, 0.1) is 12.5 Å². The average Bonchev–Trinajstić information content (AvgIpc) is 3.03. The second-order valence-corrected chi connectivity index (χ2v) is 10.8. The molecule has 8 nitrogen and oxygen atoms in total. The van der Waals surface area contributed by atoms with Crippen LogP contribution in [-0.2, 0) is 35.5 Å². The van der Waals surface area contributed by atoms with Gasteiger partial charge in [0.25, 0.3) is 0 Å². The van der Waals surface area contributed by atoms with E-state index in [-0.39, 0.29) is 30.9 Å². The fourth-order valence-electron chi connectivity index (χ4n) is 5.00. The lowest BCUT2D eigenvalue weighted by molar-refractivity contribution is -0.129. The van der Waals surface area contributed by atoms with E-state index in [9.17, 15) is 14.4 Å². The van der Waals surface area contributed by atoms with Crippen molar-refractivity contribution in [1.29, 1.82) is 0 Å². The predicted octanol–water partition coefficient (Wildman–Crippen LogP) is 4.67. The van der Waals surface area contributed by atoms with Crippen LogP contribution in [0.15, 0.2) is 97.1 Å². The molecule has 0 radical (unpaired) electrons. The third-order valence-electron chi connectivity index (χ3n) is 7.31. The average molecular weight is 613 g/mol. The van der Waals surface area contributed by atoms with Gasteiger partial charge in [-0.2, -0.15) is 0 Å². The maximum Gasteiger partial charge on any atom is 0.249 e. The molecule has 0 aromatic heterocycles. The van der Waals surface area contributed by atoms with Crippen LogP contribution in [0.2, 0.25) is 5.02 Å². The van der Waals surface area contributed by atoms with Crippen LogP contribution in [0.5, 0.6) is 5.75 Å². The zero-order valence-electron chi connectivity index (χ0n) is 24.6. The van der Waals surface area contributed by atoms with E-state index in [1.807, 2.05) is 73.7 Å². The molecule has 3 amide bonds. The van der Waals surface area contributed by atoms with Gasteiger partial charge in [0, 0.05) is 30.1 Å². The highest BCUT2D eigenvalue weighted by Gasteiger charge is 2.29. The van der Waals surface area contributed by atoms with E-state index >= 15 is 0 Å². The summed E-state index contributed by atoms with van der Waals surface area (Å²) in [5.74, 6) is -1.48. The standard InChI is InChI=1S/C35H37ClN4O4/c1-2-44-27-16-13-24(14-17-27)18-30(28-10-6-7-11-29(28)33(38)41)34(42)40-32(20-23-8-4-3-5-9-23)35(43)39-22-25-12-15-26(21-37)31(36)19-25/h3-17,19,30,32H,2,18,20-22,37H2,1H3,(H2,38,41)(H,39,43)(H,40,42)/t30-,32+/m1/s1. The van der Waals surface area contributed by atoms with E-state index in [1.165, 1.54) is 0 Å². The van der Waals surface area contributed by atoms with E-state index in [0.29, 0.717) is 29.5 Å². The van der Waals surface area contributed by atoms with Crippen LogP contribution in [0.25, 0.3) is 0 Å². The lowest BCUT2D eigenvalue weighted by atomic mass is 9.87. The van der Waals surface area contributed by atoms with Gasteiger partial charge in [-0.3, -0.25) is 14.4 Å². The Bertz CT molecular complexity index is 1580. The minimum atomic E-state index is -0.896. The highest BCUT2D eigenvalue weighted by Crippen LogP contribution is 2.26. The van der Waals surface area contributed by atoms with Crippen molar-refractivity contribution >= 4 is 29.3 Å². The first-order valence-electron chi connectivity index (χ1n) is 14.5. The molecule has 0 fully saturated rings. The first-order chi connectivity index (χ1) is 21.3. The summed E-state index contributed by atoms with van der Waals surface area (Å²) in [6.07, 6.45) is 0.534. The summed E-state index contributed by atoms with van der Waals surface area (Å²) in [4.78, 5) is 40.0. The minimum absolute atomic E-state index is 0.213. The molecule has 9 heteroatoms. The Hall–Kier alpha value is -4.66. The Kier molecular flexibility index (Phi) is 11.5. The molecule has 4 aromatic carbocycles. The quantitative estimate of drug-likeness (QED) is 0.164. The maximum atomic E-state index is 14.1. The number of hydrogen-bond donors (Lipinski definition) is 4. The zero-order chi connectivity index (χ0) is 31.5. The molecule has 228 valence electrons. The van der Waals surface area contributed by atoms with Crippen LogP contribution in [0.1, 0.15) is 51.0 Å². The van der Waals surface area contributed by atoms with Gasteiger partial charge in [-0.25, -0.2) is 0 Å². The Labute approximate surface area is 262 Å². The van der Waals surface area contributed by atoms with Crippen LogP contribution in [-0.4, -0.2) is 30.4 Å². The summed E-state index contributed by atoms with van der Waals surface area (Å²) in [7, 11) is 0. The van der Waals surface area contributed by atoms with E-state index in [0.717, 1.165) is 22.3 Å². The van der Waals surface area contributed by atoms with Crippen LogP contribution < -0.4 is 26.8 Å². The molecule has 0 saturated heterocycles. The van der Waals surface area contributed by atoms with Crippen molar-refractivity contribution in [2.24, 2.45) is 11.5 Å². The van der Waals surface area contributed by atoms with Crippen molar-refractivity contribution in [2.45, 2.75) is 44.8 Å². The highest BCUT2D eigenvalue weighted by atomic mass is 35.5. The van der Waals surface area contributed by atoms with Gasteiger partial charge in [0.15, 0.2) is 0 Å². The van der Waals surface area contributed by atoms with Gasteiger partial charge in [0.2, 0.25) is 17.7 Å². The first-order valence-corrected chi connectivity index (χ1v) is 14.9. The Morgan fingerprint density at radius 1 is 0.818 bits per heavy atom. The van der Waals surface area contributed by atoms with Crippen molar-refractivity contribution in [1.82, 2.24) is 10.6 Å². The summed E-state index contributed by atoms with van der Waals surface area (Å²) < 4.78 is 5.56. The molecular weight excluding hydrogens is 576 g/mol. The van der Waals surface area contributed by atoms with Gasteiger partial charge in [-0.1, -0.05) is 84.4 Å². The van der Waals surface area contributed by atoms with Crippen LogP contribution >= 0.6 is 11.6 Å². The predicted molar refractivity (Wildman–Crippen MR) is 172 cm³/mol. The van der Waals surface area contributed by atoms with Crippen molar-refractivity contribution in [3.05, 3.63) is 135 Å². The number of halogens is 1. The molecule has 44 heavy (non-hydrogen) atoms. The lowest BCUT2D eigenvalue weighted by Gasteiger charge is -2.24. The number of amides is 3. The summed E-state index contributed by atoms with van der Waals surface area (Å²) >= 11 is 6.31. The second-order valence-electron chi connectivity index (χ2n) is 10.4. The molecule has 0 aliphatic rings. The van der Waals surface area contributed by atoms with Gasteiger partial charge >= 0.3 is 0 Å². The van der Waals surface area contributed by atoms with Gasteiger partial charge < -0.3 is 26.8 Å². The molecule has 4 rings (SSSR count). The summed E-state index contributed by atoms with van der Waals surface area (Å²) in [5.41, 5.74) is 15.5. The maximum absolute atomic E-state index is 14.1. The third kappa shape index (κ3) is 8.69. The van der Waals surface area contributed by atoms with E-state index in [1.54, 1.807) is 30.3 Å². The number of ether oxygens (including phenoxy) is 1. The Balaban J connectivity index is 1.61. The fourth-order valence-corrected chi connectivity index (χ4v) is 5.28. The van der Waals surface area contributed by atoms with Crippen molar-refractivity contribution < 1.29 is 19.1 Å². The molecule has 0 aliphatic heterocycles. The van der Waals surface area contributed by atoms with Crippen LogP contribution in [0.4, 0.5) is 0 Å². The molecule has 0 bridgehead atoms. The van der Waals surface area contributed by atoms with Crippen LogP contribution in [0, 0.1) is 0 Å². The zero-order valence-corrected chi connectivity index (χ0v) is 25.3. The van der Waals surface area contributed by atoms with Crippen LogP contribution in [0.3, 0.4) is 0 Å². The molecular formula is C35H37ClN4O4. The summed E-state index contributed by atoms with van der Waals surface area (Å²) in [6, 6.07) is 28.2. The molecule has 0 saturated carbocycles. The lowest BCUT2D eigenvalue weighted by Crippen LogP contribution is -2.49. The minimum Gasteiger partial charge on any atom is -0.494 e. The number of carbonyl (C=O) groups is 3. The molecule has 0 aliphatic carbocycles. The number of benzene rings is 4. The number of rotatable bonds is 14. The largest absolute Gasteiger partial charge is 0.494 e. The molecule has 6 N–H and O–H groups in total. The van der Waals surface area contributed by atoms with Gasteiger partial charge in [-0.15, -0.1) is 0 Å². The topological polar surface area (TPSA) is 137 Å². The monoisotopic (exact) mass is 612 g/mol. The van der Waals surface area contributed by atoms with E-state index in [2.05, 4.69) is 10.6 Å². The number of primary amides is 1. The van der Waals surface area contributed by atoms with Gasteiger partial charge in [0.1, 0.15) is 11.8 Å². The fraction of sp³-hybridized carbons (Fsp3) is 0.229. The first kappa shape index (κ1) is 32.3. The number of nitrogens with two attached hydrogens (primary N) is 2. The SMILES string of the molecule is CCOc1ccc(C[C@@H](C(=O)N[C@@H](Cc2ccccc2)C(=O)NCc2ccc(CN)c(Cl)c2)c2ccccc2C(N)=O)cc1. The smallest absolute Gasteiger partial charge is 0.249 e. The van der Waals surface area contributed by atoms with E-state index in [4.69, 9.17) is 27.8 Å². The van der Waals surface area contributed by atoms with E-state index < -0.39 is 23.8 Å². The normalized spacial score (nSPS) is 12.2. The highest BCUT2D eigenvalue weighted by molar-refractivity contribution is 6.31.